The van der Waals surface area contributed by atoms with Gasteiger partial charge in [-0.2, -0.15) is 4.99 Å². The second kappa shape index (κ2) is 11.9. The van der Waals surface area contributed by atoms with Gasteiger partial charge in [0.05, 0.1) is 41.0 Å². The van der Waals surface area contributed by atoms with Gasteiger partial charge < -0.3 is 19.4 Å². The number of hydrogen-bond acceptors (Lipinski definition) is 9. The van der Waals surface area contributed by atoms with Crippen LogP contribution in [-0.4, -0.2) is 59.2 Å². The Morgan fingerprint density at radius 1 is 1.28 bits per heavy atom. The van der Waals surface area contributed by atoms with E-state index in [1.165, 1.54) is 41.5 Å². The maximum atomic E-state index is 12.4. The number of fused-ring (bicyclic) bond motifs is 1. The molecule has 170 valence electrons. The SMILES string of the molecule is CCOCCn1c(=NC(=O)CSCC(=O)Nc2nccs2)sc2cc(C(=O)OC)ccc21. The number of thioether (sulfide) groups is 1. The van der Waals surface area contributed by atoms with Crippen molar-refractivity contribution in [3.8, 4) is 0 Å². The van der Waals surface area contributed by atoms with Crippen LogP contribution in [0.4, 0.5) is 5.13 Å². The Kier molecular flexibility index (Phi) is 8.97. The molecule has 0 radical (unpaired) electrons. The molecule has 0 aliphatic rings. The van der Waals surface area contributed by atoms with Crippen molar-refractivity contribution in [1.29, 1.82) is 0 Å². The summed E-state index contributed by atoms with van der Waals surface area (Å²) in [6, 6.07) is 5.22. The van der Waals surface area contributed by atoms with Crippen molar-refractivity contribution in [3.63, 3.8) is 0 Å². The number of nitrogens with zero attached hydrogens (tertiary/aromatic N) is 3. The summed E-state index contributed by atoms with van der Waals surface area (Å²) in [7, 11) is 1.33. The van der Waals surface area contributed by atoms with E-state index in [1.54, 1.807) is 23.7 Å². The summed E-state index contributed by atoms with van der Waals surface area (Å²) in [5, 5.41) is 4.97. The van der Waals surface area contributed by atoms with E-state index in [4.69, 9.17) is 9.47 Å². The van der Waals surface area contributed by atoms with E-state index in [9.17, 15) is 14.4 Å². The van der Waals surface area contributed by atoms with Crippen LogP contribution in [-0.2, 0) is 25.6 Å². The number of benzene rings is 1. The van der Waals surface area contributed by atoms with Crippen LogP contribution < -0.4 is 10.1 Å². The topological polar surface area (TPSA) is 112 Å². The number of rotatable bonds is 10. The first-order valence-electron chi connectivity index (χ1n) is 9.66. The summed E-state index contributed by atoms with van der Waals surface area (Å²) < 4.78 is 13.0. The minimum Gasteiger partial charge on any atom is -0.465 e. The molecule has 0 spiro atoms. The third-order valence-electron chi connectivity index (χ3n) is 4.12. The Morgan fingerprint density at radius 3 is 2.84 bits per heavy atom. The average Bonchev–Trinajstić information content (AvgIpc) is 3.40. The molecule has 1 aromatic carbocycles. The van der Waals surface area contributed by atoms with Gasteiger partial charge in [0, 0.05) is 24.7 Å². The van der Waals surface area contributed by atoms with Gasteiger partial charge in [-0.15, -0.1) is 23.1 Å². The molecule has 0 aliphatic carbocycles. The van der Waals surface area contributed by atoms with Gasteiger partial charge in [0.15, 0.2) is 9.93 Å². The van der Waals surface area contributed by atoms with E-state index in [-0.39, 0.29) is 23.3 Å². The highest BCUT2D eigenvalue weighted by Gasteiger charge is 2.13. The number of ether oxygens (including phenoxy) is 2. The van der Waals surface area contributed by atoms with Crippen molar-refractivity contribution in [3.05, 3.63) is 40.1 Å². The van der Waals surface area contributed by atoms with Crippen LogP contribution in [0.2, 0.25) is 0 Å². The fraction of sp³-hybridized carbons (Fsp3) is 0.350. The molecule has 0 atom stereocenters. The lowest BCUT2D eigenvalue weighted by Crippen LogP contribution is -2.20. The molecule has 0 saturated heterocycles. The number of esters is 1. The molecule has 32 heavy (non-hydrogen) atoms. The number of hydrogen-bond donors (Lipinski definition) is 1. The summed E-state index contributed by atoms with van der Waals surface area (Å²) in [4.78, 5) is 45.0. The minimum absolute atomic E-state index is 0.0679. The second-order valence-corrected chi connectivity index (χ2v) is 9.18. The molecule has 2 heterocycles. The Labute approximate surface area is 196 Å². The zero-order chi connectivity index (χ0) is 22.9. The van der Waals surface area contributed by atoms with E-state index in [0.29, 0.717) is 35.3 Å². The fourth-order valence-electron chi connectivity index (χ4n) is 2.73. The van der Waals surface area contributed by atoms with Crippen molar-refractivity contribution >= 4 is 67.6 Å². The predicted molar refractivity (Wildman–Crippen MR) is 126 cm³/mol. The summed E-state index contributed by atoms with van der Waals surface area (Å²) in [5.41, 5.74) is 1.28. The maximum Gasteiger partial charge on any atom is 0.337 e. The minimum atomic E-state index is -0.428. The molecule has 3 rings (SSSR count). The largest absolute Gasteiger partial charge is 0.465 e. The zero-order valence-electron chi connectivity index (χ0n) is 17.5. The van der Waals surface area contributed by atoms with Gasteiger partial charge in [-0.25, -0.2) is 9.78 Å². The van der Waals surface area contributed by atoms with Crippen molar-refractivity contribution in [2.24, 2.45) is 4.99 Å². The number of methoxy groups -OCH3 is 1. The third kappa shape index (κ3) is 6.48. The van der Waals surface area contributed by atoms with Gasteiger partial charge in [-0.3, -0.25) is 9.59 Å². The van der Waals surface area contributed by atoms with Gasteiger partial charge in [-0.05, 0) is 25.1 Å². The van der Waals surface area contributed by atoms with Gasteiger partial charge in [0.1, 0.15) is 0 Å². The first kappa shape index (κ1) is 24.1. The summed E-state index contributed by atoms with van der Waals surface area (Å²) in [5.74, 6) is -0.801. The number of carbonyl (C=O) groups is 3. The fourth-order valence-corrected chi connectivity index (χ4v) is 4.99. The summed E-state index contributed by atoms with van der Waals surface area (Å²) in [6.45, 7) is 3.48. The number of carbonyl (C=O) groups excluding carboxylic acids is 3. The highest BCUT2D eigenvalue weighted by Crippen LogP contribution is 2.20. The van der Waals surface area contributed by atoms with Crippen LogP contribution in [0.3, 0.4) is 0 Å². The van der Waals surface area contributed by atoms with Crippen molar-refractivity contribution in [2.75, 3.05) is 37.1 Å². The number of anilines is 1. The monoisotopic (exact) mass is 494 g/mol. The van der Waals surface area contributed by atoms with Gasteiger partial charge in [0.25, 0.3) is 5.91 Å². The standard InChI is InChI=1S/C20H22N4O5S3/c1-3-29-8-7-24-14-5-4-13(18(27)28-2)10-15(14)32-20(24)23-17(26)12-30-11-16(25)22-19-21-6-9-31-19/h4-6,9-10H,3,7-8,11-12H2,1-2H3,(H,21,22,25). The highest BCUT2D eigenvalue weighted by molar-refractivity contribution is 8.00. The Morgan fingerprint density at radius 2 is 2.12 bits per heavy atom. The zero-order valence-corrected chi connectivity index (χ0v) is 20.0. The molecule has 9 nitrogen and oxygen atoms in total. The Bertz CT molecular complexity index is 1150. The van der Waals surface area contributed by atoms with Crippen LogP contribution in [0.5, 0.6) is 0 Å². The van der Waals surface area contributed by atoms with Crippen molar-refractivity contribution in [1.82, 2.24) is 9.55 Å². The molecule has 2 aromatic heterocycles. The quantitative estimate of drug-likeness (QED) is 0.341. The number of nitrogens with one attached hydrogen (secondary N) is 1. The first-order chi connectivity index (χ1) is 15.5. The molecule has 0 aliphatic heterocycles. The lowest BCUT2D eigenvalue weighted by molar-refractivity contribution is -0.115. The molecular weight excluding hydrogens is 472 g/mol. The van der Waals surface area contributed by atoms with Crippen molar-refractivity contribution < 1.29 is 23.9 Å². The predicted octanol–water partition coefficient (Wildman–Crippen LogP) is 2.78. The molecule has 0 saturated carbocycles. The van der Waals surface area contributed by atoms with E-state index in [2.05, 4.69) is 15.3 Å². The number of aromatic nitrogens is 2. The third-order valence-corrected chi connectivity index (χ3v) is 6.77. The molecule has 1 N–H and O–H groups in total. The molecule has 0 fully saturated rings. The number of thiazole rings is 2. The van der Waals surface area contributed by atoms with Gasteiger partial charge in [0.2, 0.25) is 5.91 Å². The second-order valence-electron chi connectivity index (χ2n) is 6.29. The van der Waals surface area contributed by atoms with Crippen LogP contribution in [0.25, 0.3) is 10.2 Å². The lowest BCUT2D eigenvalue weighted by atomic mass is 10.2. The highest BCUT2D eigenvalue weighted by atomic mass is 32.2. The molecule has 3 aromatic rings. The van der Waals surface area contributed by atoms with Crippen molar-refractivity contribution in [2.45, 2.75) is 13.5 Å². The van der Waals surface area contributed by atoms with Gasteiger partial charge in [-0.1, -0.05) is 11.3 Å². The van der Waals surface area contributed by atoms with E-state index < -0.39 is 5.97 Å². The Balaban J connectivity index is 1.73. The summed E-state index contributed by atoms with van der Waals surface area (Å²) in [6.07, 6.45) is 1.61. The maximum absolute atomic E-state index is 12.4. The Hall–Kier alpha value is -2.54. The van der Waals surface area contributed by atoms with Crippen LogP contribution >= 0.6 is 34.4 Å². The average molecular weight is 495 g/mol. The van der Waals surface area contributed by atoms with Crippen LogP contribution in [0, 0.1) is 0 Å². The van der Waals surface area contributed by atoms with E-state index in [1.807, 2.05) is 17.6 Å². The molecule has 0 unspecified atom stereocenters. The summed E-state index contributed by atoms with van der Waals surface area (Å²) >= 11 is 3.83. The van der Waals surface area contributed by atoms with Crippen LogP contribution in [0.1, 0.15) is 17.3 Å². The lowest BCUT2D eigenvalue weighted by Gasteiger charge is -2.06. The van der Waals surface area contributed by atoms with Gasteiger partial charge >= 0.3 is 5.97 Å². The molecule has 2 amide bonds. The van der Waals surface area contributed by atoms with E-state index in [0.717, 1.165) is 10.2 Å². The molecule has 0 bridgehead atoms. The molecule has 12 heteroatoms. The smallest absolute Gasteiger partial charge is 0.337 e. The van der Waals surface area contributed by atoms with Crippen LogP contribution in [0.15, 0.2) is 34.8 Å². The number of amides is 2. The molecular formula is C20H22N4O5S3. The van der Waals surface area contributed by atoms with E-state index >= 15 is 0 Å². The first-order valence-corrected chi connectivity index (χ1v) is 12.5. The normalized spacial score (nSPS) is 11.6.